The third kappa shape index (κ3) is 3.32. The van der Waals surface area contributed by atoms with Crippen molar-refractivity contribution in [1.29, 1.82) is 0 Å². The van der Waals surface area contributed by atoms with Crippen LogP contribution < -0.4 is 0 Å². The Labute approximate surface area is 105 Å². The van der Waals surface area contributed by atoms with Gasteiger partial charge in [-0.25, -0.2) is 0 Å². The molecule has 0 aliphatic rings. The van der Waals surface area contributed by atoms with E-state index < -0.39 is 10.5 Å². The van der Waals surface area contributed by atoms with Gasteiger partial charge in [0.2, 0.25) is 0 Å². The minimum absolute atomic E-state index is 0.290. The Balaban J connectivity index is 3.19. The largest absolute Gasteiger partial charge is 0.276 e. The maximum Gasteiger partial charge on any atom is 0.252 e. The maximum atomic E-state index is 11.2. The zero-order valence-electron chi connectivity index (χ0n) is 9.09. The molecule has 0 saturated heterocycles. The van der Waals surface area contributed by atoms with Gasteiger partial charge in [0.05, 0.1) is 0 Å². The van der Waals surface area contributed by atoms with Gasteiger partial charge < -0.3 is 0 Å². The third-order valence-electron chi connectivity index (χ3n) is 2.18. The summed E-state index contributed by atoms with van der Waals surface area (Å²) in [7, 11) is 0. The summed E-state index contributed by atoms with van der Waals surface area (Å²) >= 11 is 10.8. The smallest absolute Gasteiger partial charge is 0.252 e. The molecule has 0 N–H and O–H groups in total. The summed E-state index contributed by atoms with van der Waals surface area (Å²) in [5.74, 6) is 0.410. The molecular formula is C12H12Cl2O2. The summed E-state index contributed by atoms with van der Waals surface area (Å²) in [5, 5.41) is -1.15. The summed E-state index contributed by atoms with van der Waals surface area (Å²) in [6.07, 6.45) is 0.741. The van der Waals surface area contributed by atoms with Crippen LogP contribution in [0.2, 0.25) is 0 Å². The van der Waals surface area contributed by atoms with E-state index in [0.717, 1.165) is 12.0 Å². The van der Waals surface area contributed by atoms with E-state index in [0.29, 0.717) is 11.5 Å². The molecule has 0 aliphatic heterocycles. The van der Waals surface area contributed by atoms with Crippen LogP contribution in [0.5, 0.6) is 0 Å². The summed E-state index contributed by atoms with van der Waals surface area (Å²) in [4.78, 5) is 22.2. The van der Waals surface area contributed by atoms with E-state index in [4.69, 9.17) is 23.2 Å². The standard InChI is InChI=1S/C12H12Cl2O2/c1-7(2)5-8-3-4-9(11(13)15)6-10(8)12(14)16/h3-4,6-7H,5H2,1-2H3. The minimum Gasteiger partial charge on any atom is -0.276 e. The Morgan fingerprint density at radius 3 is 2.25 bits per heavy atom. The van der Waals surface area contributed by atoms with Gasteiger partial charge in [0.15, 0.2) is 0 Å². The molecule has 0 aromatic heterocycles. The molecular weight excluding hydrogens is 247 g/mol. The molecule has 0 fully saturated rings. The Kier molecular flexibility index (Phi) is 4.51. The first-order valence-electron chi connectivity index (χ1n) is 4.94. The van der Waals surface area contributed by atoms with E-state index in [1.807, 2.05) is 13.8 Å². The second-order valence-corrected chi connectivity index (χ2v) is 4.70. The highest BCUT2D eigenvalue weighted by atomic mass is 35.5. The first-order chi connectivity index (χ1) is 7.41. The summed E-state index contributed by atoms with van der Waals surface area (Å²) in [6.45, 7) is 4.09. The van der Waals surface area contributed by atoms with Gasteiger partial charge in [0.25, 0.3) is 10.5 Å². The van der Waals surface area contributed by atoms with Crippen LogP contribution >= 0.6 is 23.2 Å². The monoisotopic (exact) mass is 258 g/mol. The van der Waals surface area contributed by atoms with E-state index in [1.54, 1.807) is 12.1 Å². The second kappa shape index (κ2) is 5.46. The van der Waals surface area contributed by atoms with E-state index in [2.05, 4.69) is 0 Å². The lowest BCUT2D eigenvalue weighted by Gasteiger charge is -2.09. The van der Waals surface area contributed by atoms with Crippen molar-refractivity contribution in [2.45, 2.75) is 20.3 Å². The number of benzene rings is 1. The van der Waals surface area contributed by atoms with Crippen molar-refractivity contribution in [2.24, 2.45) is 5.92 Å². The Morgan fingerprint density at radius 2 is 1.81 bits per heavy atom. The molecule has 4 heteroatoms. The molecule has 1 aromatic carbocycles. The van der Waals surface area contributed by atoms with Crippen LogP contribution in [0.15, 0.2) is 18.2 Å². The number of carbonyl (C=O) groups excluding carboxylic acids is 2. The molecule has 0 saturated carbocycles. The first-order valence-corrected chi connectivity index (χ1v) is 5.70. The van der Waals surface area contributed by atoms with Gasteiger partial charge in [0.1, 0.15) is 0 Å². The topological polar surface area (TPSA) is 34.1 Å². The van der Waals surface area contributed by atoms with Crippen LogP contribution in [0.4, 0.5) is 0 Å². The Hall–Kier alpha value is -0.860. The van der Waals surface area contributed by atoms with Crippen molar-refractivity contribution < 1.29 is 9.59 Å². The van der Waals surface area contributed by atoms with E-state index in [-0.39, 0.29) is 5.56 Å². The quantitative estimate of drug-likeness (QED) is 0.773. The SMILES string of the molecule is CC(C)Cc1ccc(C(=O)Cl)cc1C(=O)Cl. The van der Waals surface area contributed by atoms with E-state index >= 15 is 0 Å². The number of halogens is 2. The van der Waals surface area contributed by atoms with Gasteiger partial charge in [-0.2, -0.15) is 0 Å². The van der Waals surface area contributed by atoms with Gasteiger partial charge in [-0.15, -0.1) is 0 Å². The molecule has 2 nitrogen and oxygen atoms in total. The molecule has 0 radical (unpaired) electrons. The van der Waals surface area contributed by atoms with Crippen LogP contribution in [-0.4, -0.2) is 10.5 Å². The molecule has 0 aliphatic carbocycles. The van der Waals surface area contributed by atoms with Crippen LogP contribution in [0, 0.1) is 5.92 Å². The van der Waals surface area contributed by atoms with Crippen LogP contribution in [0.3, 0.4) is 0 Å². The highest BCUT2D eigenvalue weighted by Crippen LogP contribution is 2.19. The van der Waals surface area contributed by atoms with Crippen molar-refractivity contribution >= 4 is 33.7 Å². The molecule has 0 heterocycles. The van der Waals surface area contributed by atoms with E-state index in [1.165, 1.54) is 6.07 Å². The first kappa shape index (κ1) is 13.2. The number of carbonyl (C=O) groups is 2. The average Bonchev–Trinajstić information content (AvgIpc) is 2.16. The van der Waals surface area contributed by atoms with Crippen molar-refractivity contribution in [2.75, 3.05) is 0 Å². The van der Waals surface area contributed by atoms with Gasteiger partial charge in [-0.05, 0) is 53.2 Å². The summed E-state index contributed by atoms with van der Waals surface area (Å²) in [5.41, 5.74) is 1.50. The van der Waals surface area contributed by atoms with E-state index in [9.17, 15) is 9.59 Å². The summed E-state index contributed by atoms with van der Waals surface area (Å²) < 4.78 is 0. The lowest BCUT2D eigenvalue weighted by Crippen LogP contribution is -2.04. The lowest BCUT2D eigenvalue weighted by atomic mass is 9.97. The molecule has 0 bridgehead atoms. The van der Waals surface area contributed by atoms with Crippen LogP contribution in [-0.2, 0) is 6.42 Å². The number of rotatable bonds is 4. The molecule has 0 amide bonds. The van der Waals surface area contributed by atoms with Crippen LogP contribution in [0.1, 0.15) is 40.1 Å². The normalized spacial score (nSPS) is 10.6. The van der Waals surface area contributed by atoms with Gasteiger partial charge >= 0.3 is 0 Å². The molecule has 0 spiro atoms. The van der Waals surface area contributed by atoms with Gasteiger partial charge in [-0.3, -0.25) is 9.59 Å². The Bertz CT molecular complexity index is 425. The number of hydrogen-bond acceptors (Lipinski definition) is 2. The third-order valence-corrected chi connectivity index (χ3v) is 2.60. The summed E-state index contributed by atoms with van der Waals surface area (Å²) in [6, 6.07) is 4.78. The molecule has 1 aromatic rings. The molecule has 0 atom stereocenters. The van der Waals surface area contributed by atoms with Gasteiger partial charge in [-0.1, -0.05) is 19.9 Å². The fraction of sp³-hybridized carbons (Fsp3) is 0.333. The van der Waals surface area contributed by atoms with Crippen molar-refractivity contribution in [1.82, 2.24) is 0 Å². The zero-order valence-corrected chi connectivity index (χ0v) is 10.6. The zero-order chi connectivity index (χ0) is 12.3. The highest BCUT2D eigenvalue weighted by molar-refractivity contribution is 6.69. The second-order valence-electron chi connectivity index (χ2n) is 4.02. The highest BCUT2D eigenvalue weighted by Gasteiger charge is 2.13. The molecule has 16 heavy (non-hydrogen) atoms. The average molecular weight is 259 g/mol. The fourth-order valence-electron chi connectivity index (χ4n) is 1.50. The predicted octanol–water partition coefficient (Wildman–Crippen LogP) is 3.64. The molecule has 86 valence electrons. The number of hydrogen-bond donors (Lipinski definition) is 0. The maximum absolute atomic E-state index is 11.2. The lowest BCUT2D eigenvalue weighted by molar-refractivity contribution is 0.107. The van der Waals surface area contributed by atoms with Crippen molar-refractivity contribution in [3.63, 3.8) is 0 Å². The minimum atomic E-state index is -0.588. The molecule has 0 unspecified atom stereocenters. The predicted molar refractivity (Wildman–Crippen MR) is 65.4 cm³/mol. The molecule has 1 rings (SSSR count). The van der Waals surface area contributed by atoms with Gasteiger partial charge in [0, 0.05) is 11.1 Å². The van der Waals surface area contributed by atoms with Crippen molar-refractivity contribution in [3.05, 3.63) is 34.9 Å². The fourth-order valence-corrected chi connectivity index (χ4v) is 1.79. The van der Waals surface area contributed by atoms with Crippen LogP contribution in [0.25, 0.3) is 0 Å². The Morgan fingerprint density at radius 1 is 1.19 bits per heavy atom. The van der Waals surface area contributed by atoms with Crippen molar-refractivity contribution in [3.8, 4) is 0 Å².